The topological polar surface area (TPSA) is 38.1 Å². The van der Waals surface area contributed by atoms with Crippen LogP contribution in [-0.2, 0) is 6.54 Å². The second kappa shape index (κ2) is 7.33. The molecule has 0 saturated carbocycles. The molecule has 4 nitrogen and oxygen atoms in total. The standard InChI is InChI=1S/C12H20ClN3O/c1-15(2)11-9-12(17)16(14-10-11)8-6-4-3-5-7-13/h9-10H,3-8H2,1-2H3. The zero-order valence-electron chi connectivity index (χ0n) is 10.5. The van der Waals surface area contributed by atoms with E-state index in [1.165, 1.54) is 4.68 Å². The first-order valence-corrected chi connectivity index (χ1v) is 6.49. The number of halogens is 1. The number of hydrogen-bond donors (Lipinski definition) is 0. The van der Waals surface area contributed by atoms with E-state index in [1.807, 2.05) is 19.0 Å². The second-order valence-corrected chi connectivity index (χ2v) is 4.65. The van der Waals surface area contributed by atoms with Crippen molar-refractivity contribution in [1.29, 1.82) is 0 Å². The Hall–Kier alpha value is -1.03. The van der Waals surface area contributed by atoms with Crippen molar-refractivity contribution in [3.63, 3.8) is 0 Å². The Morgan fingerprint density at radius 1 is 1.29 bits per heavy atom. The van der Waals surface area contributed by atoms with Gasteiger partial charge in [-0.25, -0.2) is 4.68 Å². The van der Waals surface area contributed by atoms with Gasteiger partial charge in [0.1, 0.15) is 0 Å². The molecular formula is C12H20ClN3O. The van der Waals surface area contributed by atoms with Gasteiger partial charge in [-0.15, -0.1) is 11.6 Å². The smallest absolute Gasteiger partial charge is 0.268 e. The highest BCUT2D eigenvalue weighted by Gasteiger charge is 2.01. The number of rotatable bonds is 7. The molecule has 1 heterocycles. The number of hydrogen-bond acceptors (Lipinski definition) is 3. The van der Waals surface area contributed by atoms with E-state index in [9.17, 15) is 4.79 Å². The minimum atomic E-state index is -0.0338. The molecule has 0 radical (unpaired) electrons. The summed E-state index contributed by atoms with van der Waals surface area (Å²) in [5.74, 6) is 0.718. The van der Waals surface area contributed by atoms with Crippen molar-refractivity contribution in [2.24, 2.45) is 0 Å². The normalized spacial score (nSPS) is 10.5. The van der Waals surface area contributed by atoms with Crippen LogP contribution in [0.4, 0.5) is 5.69 Å². The first kappa shape index (κ1) is 14.0. The third-order valence-electron chi connectivity index (χ3n) is 2.63. The van der Waals surface area contributed by atoms with Crippen LogP contribution < -0.4 is 10.5 Å². The Kier molecular flexibility index (Phi) is 6.05. The van der Waals surface area contributed by atoms with Crippen LogP contribution in [0.15, 0.2) is 17.1 Å². The molecule has 0 N–H and O–H groups in total. The molecule has 1 aromatic heterocycles. The molecule has 0 unspecified atom stereocenters. The molecule has 0 amide bonds. The Morgan fingerprint density at radius 2 is 2.00 bits per heavy atom. The third kappa shape index (κ3) is 4.77. The number of nitrogens with zero attached hydrogens (tertiary/aromatic N) is 3. The lowest BCUT2D eigenvalue weighted by molar-refractivity contribution is 0.519. The summed E-state index contributed by atoms with van der Waals surface area (Å²) in [6, 6.07) is 1.62. The lowest BCUT2D eigenvalue weighted by atomic mass is 10.2. The van der Waals surface area contributed by atoms with Gasteiger partial charge < -0.3 is 4.90 Å². The fourth-order valence-corrected chi connectivity index (χ4v) is 1.74. The second-order valence-electron chi connectivity index (χ2n) is 4.27. The van der Waals surface area contributed by atoms with Gasteiger partial charge in [-0.05, 0) is 12.8 Å². The van der Waals surface area contributed by atoms with Crippen LogP contribution >= 0.6 is 11.6 Å². The van der Waals surface area contributed by atoms with Crippen molar-refractivity contribution >= 4 is 17.3 Å². The van der Waals surface area contributed by atoms with Gasteiger partial charge in [0.25, 0.3) is 5.56 Å². The zero-order valence-corrected chi connectivity index (χ0v) is 11.3. The summed E-state index contributed by atoms with van der Waals surface area (Å²) in [5.41, 5.74) is 0.807. The summed E-state index contributed by atoms with van der Waals surface area (Å²) in [6.45, 7) is 0.689. The lowest BCUT2D eigenvalue weighted by Gasteiger charge is -2.12. The van der Waals surface area contributed by atoms with Gasteiger partial charge in [-0.3, -0.25) is 4.79 Å². The zero-order chi connectivity index (χ0) is 12.7. The van der Waals surface area contributed by atoms with E-state index in [0.717, 1.165) is 37.3 Å². The molecule has 0 bridgehead atoms. The van der Waals surface area contributed by atoms with Crippen molar-refractivity contribution in [2.45, 2.75) is 32.2 Å². The van der Waals surface area contributed by atoms with E-state index in [0.29, 0.717) is 6.54 Å². The van der Waals surface area contributed by atoms with E-state index in [2.05, 4.69) is 5.10 Å². The number of alkyl halides is 1. The average molecular weight is 258 g/mol. The summed E-state index contributed by atoms with van der Waals surface area (Å²) >= 11 is 5.60. The first-order chi connectivity index (χ1) is 8.15. The molecule has 0 aliphatic carbocycles. The maximum absolute atomic E-state index is 11.7. The molecule has 0 aliphatic heterocycles. The summed E-state index contributed by atoms with van der Waals surface area (Å²) in [7, 11) is 3.79. The highest BCUT2D eigenvalue weighted by molar-refractivity contribution is 6.17. The summed E-state index contributed by atoms with van der Waals surface area (Å²) < 4.78 is 1.52. The monoisotopic (exact) mass is 257 g/mol. The van der Waals surface area contributed by atoms with Gasteiger partial charge in [-0.2, -0.15) is 5.10 Å². The summed E-state index contributed by atoms with van der Waals surface area (Å²) in [4.78, 5) is 13.6. The van der Waals surface area contributed by atoms with Gasteiger partial charge >= 0.3 is 0 Å². The van der Waals surface area contributed by atoms with Gasteiger partial charge in [-0.1, -0.05) is 12.8 Å². The number of unbranched alkanes of at least 4 members (excludes halogenated alkanes) is 3. The van der Waals surface area contributed by atoms with Gasteiger partial charge in [0.05, 0.1) is 11.9 Å². The highest BCUT2D eigenvalue weighted by Crippen LogP contribution is 2.05. The van der Waals surface area contributed by atoms with Crippen LogP contribution in [0.1, 0.15) is 25.7 Å². The van der Waals surface area contributed by atoms with Gasteiger partial charge in [0.15, 0.2) is 0 Å². The largest absolute Gasteiger partial charge is 0.376 e. The Morgan fingerprint density at radius 3 is 2.59 bits per heavy atom. The Labute approximate surface area is 107 Å². The SMILES string of the molecule is CN(C)c1cnn(CCCCCCCl)c(=O)c1. The average Bonchev–Trinajstić information content (AvgIpc) is 2.30. The van der Waals surface area contributed by atoms with Crippen molar-refractivity contribution in [3.05, 3.63) is 22.6 Å². The minimum absolute atomic E-state index is 0.0338. The van der Waals surface area contributed by atoms with Crippen LogP contribution in [0, 0.1) is 0 Å². The molecule has 0 aliphatic rings. The van der Waals surface area contributed by atoms with E-state index >= 15 is 0 Å². The molecule has 96 valence electrons. The molecule has 0 saturated heterocycles. The van der Waals surface area contributed by atoms with E-state index < -0.39 is 0 Å². The minimum Gasteiger partial charge on any atom is -0.376 e. The Balaban J connectivity index is 2.47. The quantitative estimate of drug-likeness (QED) is 0.555. The van der Waals surface area contributed by atoms with E-state index in [4.69, 9.17) is 11.6 Å². The number of aromatic nitrogens is 2. The molecule has 5 heteroatoms. The molecule has 1 aromatic rings. The molecule has 0 fully saturated rings. The Bertz CT molecular complexity index is 390. The maximum atomic E-state index is 11.7. The van der Waals surface area contributed by atoms with Crippen molar-refractivity contribution in [2.75, 3.05) is 24.9 Å². The molecular weight excluding hydrogens is 238 g/mol. The number of aryl methyl sites for hydroxylation is 1. The predicted octanol–water partition coefficient (Wildman–Crippen LogP) is 2.11. The van der Waals surface area contributed by atoms with E-state index in [-0.39, 0.29) is 5.56 Å². The molecule has 0 spiro atoms. The first-order valence-electron chi connectivity index (χ1n) is 5.95. The highest BCUT2D eigenvalue weighted by atomic mass is 35.5. The van der Waals surface area contributed by atoms with Crippen LogP contribution in [0.2, 0.25) is 0 Å². The predicted molar refractivity (Wildman–Crippen MR) is 72.0 cm³/mol. The van der Waals surface area contributed by atoms with Gasteiger partial charge in [0.2, 0.25) is 0 Å². The third-order valence-corrected chi connectivity index (χ3v) is 2.89. The molecule has 0 aromatic carbocycles. The van der Waals surface area contributed by atoms with Crippen LogP contribution in [0.5, 0.6) is 0 Å². The van der Waals surface area contributed by atoms with E-state index in [1.54, 1.807) is 12.3 Å². The van der Waals surface area contributed by atoms with Crippen LogP contribution in [-0.4, -0.2) is 29.8 Å². The molecule has 17 heavy (non-hydrogen) atoms. The summed E-state index contributed by atoms with van der Waals surface area (Å²) in [5, 5.41) is 4.15. The van der Waals surface area contributed by atoms with Crippen molar-refractivity contribution < 1.29 is 0 Å². The van der Waals surface area contributed by atoms with Crippen molar-refractivity contribution in [1.82, 2.24) is 9.78 Å². The molecule has 0 atom stereocenters. The maximum Gasteiger partial charge on any atom is 0.268 e. The fourth-order valence-electron chi connectivity index (χ4n) is 1.55. The van der Waals surface area contributed by atoms with Crippen LogP contribution in [0.3, 0.4) is 0 Å². The molecule has 1 rings (SSSR count). The van der Waals surface area contributed by atoms with Gasteiger partial charge in [0, 0.05) is 32.6 Å². The summed E-state index contributed by atoms with van der Waals surface area (Å²) in [6.07, 6.45) is 5.96. The van der Waals surface area contributed by atoms with Crippen LogP contribution in [0.25, 0.3) is 0 Å². The lowest BCUT2D eigenvalue weighted by Crippen LogP contribution is -2.24. The number of anilines is 1. The van der Waals surface area contributed by atoms with Crippen molar-refractivity contribution in [3.8, 4) is 0 Å². The fraction of sp³-hybridized carbons (Fsp3) is 0.667.